The maximum absolute atomic E-state index is 12.2. The molecule has 0 saturated heterocycles. The molecule has 0 saturated carbocycles. The molecule has 3 aromatic rings. The molecule has 0 atom stereocenters. The quantitative estimate of drug-likeness (QED) is 0.441. The number of rotatable bonds is 6. The van der Waals surface area contributed by atoms with Gasteiger partial charge in [0.05, 0.1) is 29.1 Å². The van der Waals surface area contributed by atoms with E-state index in [2.05, 4.69) is 20.5 Å². The number of nitrogens with one attached hydrogen (secondary N) is 2. The fraction of sp³-hybridized carbons (Fsp3) is 0.111. The first-order valence-electron chi connectivity index (χ1n) is 7.95. The van der Waals surface area contributed by atoms with Crippen LogP contribution in [0.2, 0.25) is 10.0 Å². The van der Waals surface area contributed by atoms with E-state index in [1.807, 2.05) is 0 Å². The van der Waals surface area contributed by atoms with Gasteiger partial charge >= 0.3 is 5.97 Å². The number of H-pyrrole nitrogens is 1. The summed E-state index contributed by atoms with van der Waals surface area (Å²) in [6, 6.07) is 11.6. The molecule has 3 rings (SSSR count). The van der Waals surface area contributed by atoms with Crippen LogP contribution in [0, 0.1) is 0 Å². The van der Waals surface area contributed by atoms with E-state index in [1.165, 1.54) is 7.11 Å². The molecule has 2 N–H and O–H groups in total. The lowest BCUT2D eigenvalue weighted by Crippen LogP contribution is -2.17. The zero-order valence-electron chi connectivity index (χ0n) is 14.5. The Morgan fingerprint density at radius 3 is 2.79 bits per heavy atom. The number of aromatic nitrogens is 3. The molecule has 0 aliphatic rings. The van der Waals surface area contributed by atoms with Crippen molar-refractivity contribution < 1.29 is 14.3 Å². The largest absolute Gasteiger partial charge is 0.465 e. The third-order valence-corrected chi connectivity index (χ3v) is 5.00. The average molecular weight is 437 g/mol. The summed E-state index contributed by atoms with van der Waals surface area (Å²) in [6.07, 6.45) is 0. The molecule has 0 spiro atoms. The van der Waals surface area contributed by atoms with Gasteiger partial charge < -0.3 is 10.1 Å². The van der Waals surface area contributed by atoms with E-state index in [4.69, 9.17) is 27.9 Å². The Kier molecular flexibility index (Phi) is 6.56. The summed E-state index contributed by atoms with van der Waals surface area (Å²) in [6.45, 7) is 0. The van der Waals surface area contributed by atoms with Crippen LogP contribution >= 0.6 is 35.0 Å². The number of nitrogens with zero attached hydrogens (tertiary/aromatic N) is 2. The molecule has 1 amide bonds. The zero-order valence-corrected chi connectivity index (χ0v) is 16.9. The summed E-state index contributed by atoms with van der Waals surface area (Å²) in [7, 11) is 1.28. The SMILES string of the molecule is COC(=O)c1ccccc1NC(=O)CSc1n[nH]c(-c2cc(Cl)ccc2Cl)n1. The second kappa shape index (κ2) is 9.09. The number of carbonyl (C=O) groups is 2. The van der Waals surface area contributed by atoms with Crippen molar-refractivity contribution in [3.8, 4) is 11.4 Å². The smallest absolute Gasteiger partial charge is 0.339 e. The van der Waals surface area contributed by atoms with Crippen molar-refractivity contribution in [3.05, 3.63) is 58.1 Å². The van der Waals surface area contributed by atoms with E-state index < -0.39 is 5.97 Å². The van der Waals surface area contributed by atoms with E-state index in [9.17, 15) is 9.59 Å². The first-order chi connectivity index (χ1) is 13.5. The summed E-state index contributed by atoms with van der Waals surface area (Å²) >= 11 is 13.3. The van der Waals surface area contributed by atoms with E-state index in [1.54, 1.807) is 42.5 Å². The number of esters is 1. The Balaban J connectivity index is 1.64. The highest BCUT2D eigenvalue weighted by atomic mass is 35.5. The molecule has 0 aliphatic heterocycles. The van der Waals surface area contributed by atoms with E-state index in [0.29, 0.717) is 32.3 Å². The van der Waals surface area contributed by atoms with Crippen LogP contribution in [0.1, 0.15) is 10.4 Å². The Morgan fingerprint density at radius 2 is 2.00 bits per heavy atom. The molecule has 0 aliphatic carbocycles. The number of hydrogen-bond acceptors (Lipinski definition) is 6. The second-order valence-electron chi connectivity index (χ2n) is 5.46. The zero-order chi connectivity index (χ0) is 20.1. The van der Waals surface area contributed by atoms with Crippen molar-refractivity contribution in [3.63, 3.8) is 0 Å². The van der Waals surface area contributed by atoms with Crippen molar-refractivity contribution >= 4 is 52.5 Å². The van der Waals surface area contributed by atoms with Gasteiger partial charge in [-0.1, -0.05) is 47.1 Å². The van der Waals surface area contributed by atoms with Gasteiger partial charge in [0.25, 0.3) is 0 Å². The maximum Gasteiger partial charge on any atom is 0.339 e. The maximum atomic E-state index is 12.2. The van der Waals surface area contributed by atoms with Gasteiger partial charge in [0.15, 0.2) is 5.82 Å². The van der Waals surface area contributed by atoms with Crippen molar-refractivity contribution in [1.82, 2.24) is 15.2 Å². The number of hydrogen-bond donors (Lipinski definition) is 2. The molecule has 7 nitrogen and oxygen atoms in total. The average Bonchev–Trinajstić information content (AvgIpc) is 3.17. The van der Waals surface area contributed by atoms with Gasteiger partial charge in [0.1, 0.15) is 0 Å². The summed E-state index contributed by atoms with van der Waals surface area (Å²) in [5, 5.41) is 10.9. The standard InChI is InChI=1S/C18H14Cl2N4O3S/c1-27-17(26)11-4-2-3-5-14(11)21-15(25)9-28-18-22-16(23-24-18)12-8-10(19)6-7-13(12)20/h2-8H,9H2,1H3,(H,21,25)(H,22,23,24). The highest BCUT2D eigenvalue weighted by Gasteiger charge is 2.15. The lowest BCUT2D eigenvalue weighted by molar-refractivity contribution is -0.113. The minimum Gasteiger partial charge on any atom is -0.465 e. The number of para-hydroxylation sites is 1. The molecule has 0 bridgehead atoms. The molecule has 10 heteroatoms. The Morgan fingerprint density at radius 1 is 1.21 bits per heavy atom. The molecule has 1 aromatic heterocycles. The third kappa shape index (κ3) is 4.83. The van der Waals surface area contributed by atoms with E-state index >= 15 is 0 Å². The summed E-state index contributed by atoms with van der Waals surface area (Å²) < 4.78 is 4.71. The topological polar surface area (TPSA) is 97.0 Å². The lowest BCUT2D eigenvalue weighted by atomic mass is 10.2. The van der Waals surface area contributed by atoms with Crippen molar-refractivity contribution in [2.75, 3.05) is 18.2 Å². The van der Waals surface area contributed by atoms with Crippen molar-refractivity contribution in [1.29, 1.82) is 0 Å². The molecular formula is C18H14Cl2N4O3S. The van der Waals surface area contributed by atoms with Gasteiger partial charge in [-0.3, -0.25) is 9.89 Å². The molecule has 2 aromatic carbocycles. The number of thioether (sulfide) groups is 1. The third-order valence-electron chi connectivity index (χ3n) is 3.59. The number of methoxy groups -OCH3 is 1. The lowest BCUT2D eigenvalue weighted by Gasteiger charge is -2.08. The highest BCUT2D eigenvalue weighted by molar-refractivity contribution is 7.99. The van der Waals surface area contributed by atoms with Crippen LogP contribution in [0.25, 0.3) is 11.4 Å². The highest BCUT2D eigenvalue weighted by Crippen LogP contribution is 2.29. The molecule has 0 unspecified atom stereocenters. The van der Waals surface area contributed by atoms with Crippen LogP contribution in [0.4, 0.5) is 5.69 Å². The minimum absolute atomic E-state index is 0.0517. The molecule has 144 valence electrons. The number of halogens is 2. The van der Waals surface area contributed by atoms with E-state index in [-0.39, 0.29) is 17.2 Å². The normalized spacial score (nSPS) is 10.5. The first-order valence-corrected chi connectivity index (χ1v) is 9.70. The predicted octanol–water partition coefficient (Wildman–Crippen LogP) is 4.30. The monoisotopic (exact) mass is 436 g/mol. The molecular weight excluding hydrogens is 423 g/mol. The van der Waals surface area contributed by atoms with Gasteiger partial charge in [0, 0.05) is 10.6 Å². The Labute approximate surface area is 174 Å². The van der Waals surface area contributed by atoms with Gasteiger partial charge in [-0.15, -0.1) is 5.10 Å². The van der Waals surface area contributed by atoms with Crippen LogP contribution in [0.5, 0.6) is 0 Å². The Bertz CT molecular complexity index is 1030. The second-order valence-corrected chi connectivity index (χ2v) is 7.25. The molecule has 1 heterocycles. The number of benzene rings is 2. The molecule has 28 heavy (non-hydrogen) atoms. The minimum atomic E-state index is -0.527. The van der Waals surface area contributed by atoms with Gasteiger partial charge in [-0.25, -0.2) is 9.78 Å². The van der Waals surface area contributed by atoms with Crippen molar-refractivity contribution in [2.24, 2.45) is 0 Å². The summed E-state index contributed by atoms with van der Waals surface area (Å²) in [5.74, 6) is -0.337. The number of aromatic amines is 1. The van der Waals surface area contributed by atoms with Crippen LogP contribution in [-0.2, 0) is 9.53 Å². The molecule has 0 radical (unpaired) electrons. The van der Waals surface area contributed by atoms with Crippen LogP contribution in [0.15, 0.2) is 47.6 Å². The summed E-state index contributed by atoms with van der Waals surface area (Å²) in [5.41, 5.74) is 1.27. The number of amides is 1. The fourth-order valence-corrected chi connectivity index (χ4v) is 3.28. The van der Waals surface area contributed by atoms with E-state index in [0.717, 1.165) is 11.8 Å². The summed E-state index contributed by atoms with van der Waals surface area (Å²) in [4.78, 5) is 28.3. The first kappa shape index (κ1) is 20.2. The van der Waals surface area contributed by atoms with Crippen LogP contribution in [0.3, 0.4) is 0 Å². The number of ether oxygens (including phenoxy) is 1. The van der Waals surface area contributed by atoms with Gasteiger partial charge in [0.2, 0.25) is 11.1 Å². The van der Waals surface area contributed by atoms with Crippen molar-refractivity contribution in [2.45, 2.75) is 5.16 Å². The molecule has 0 fully saturated rings. The fourth-order valence-electron chi connectivity index (χ4n) is 2.31. The number of carbonyl (C=O) groups excluding carboxylic acids is 2. The van der Waals surface area contributed by atoms with Crippen LogP contribution < -0.4 is 5.32 Å². The van der Waals surface area contributed by atoms with Gasteiger partial charge in [-0.05, 0) is 30.3 Å². The predicted molar refractivity (Wildman–Crippen MR) is 109 cm³/mol. The van der Waals surface area contributed by atoms with Crippen LogP contribution in [-0.4, -0.2) is 39.9 Å². The van der Waals surface area contributed by atoms with Gasteiger partial charge in [-0.2, -0.15) is 0 Å². The number of anilines is 1. The Hall–Kier alpha value is -2.55.